The number of nitrogens with one attached hydrogen (secondary N) is 1. The maximum Gasteiger partial charge on any atom is 0.124 e. The molecule has 2 nitrogen and oxygen atoms in total. The molecule has 0 bridgehead atoms. The summed E-state index contributed by atoms with van der Waals surface area (Å²) in [5, 5.41) is 4.02. The lowest BCUT2D eigenvalue weighted by molar-refractivity contribution is 0.0116. The quantitative estimate of drug-likeness (QED) is 0.905. The molecule has 0 radical (unpaired) electrons. The van der Waals surface area contributed by atoms with Crippen LogP contribution >= 0.6 is 11.6 Å². The Balaban J connectivity index is 2.00. The number of ether oxygens (including phenoxy) is 1. The predicted octanol–water partition coefficient (Wildman–Crippen LogP) is 3.70. The van der Waals surface area contributed by atoms with Crippen molar-refractivity contribution in [2.45, 2.75) is 44.9 Å². The molecule has 1 fully saturated rings. The molecule has 0 amide bonds. The minimum Gasteiger partial charge on any atom is -0.378 e. The van der Waals surface area contributed by atoms with E-state index in [0.29, 0.717) is 17.2 Å². The first-order valence-electron chi connectivity index (χ1n) is 6.39. The van der Waals surface area contributed by atoms with E-state index in [1.54, 1.807) is 6.07 Å². The molecule has 1 aliphatic rings. The maximum atomic E-state index is 13.0. The molecule has 3 unspecified atom stereocenters. The highest BCUT2D eigenvalue weighted by atomic mass is 35.5. The molecule has 18 heavy (non-hydrogen) atoms. The van der Waals surface area contributed by atoms with Crippen LogP contribution in [0.15, 0.2) is 18.2 Å². The van der Waals surface area contributed by atoms with Crippen molar-refractivity contribution in [3.05, 3.63) is 34.6 Å². The van der Waals surface area contributed by atoms with Crippen LogP contribution in [0.25, 0.3) is 0 Å². The number of halogens is 2. The zero-order chi connectivity index (χ0) is 13.1. The Labute approximate surface area is 112 Å². The van der Waals surface area contributed by atoms with Crippen molar-refractivity contribution in [2.75, 3.05) is 6.61 Å². The van der Waals surface area contributed by atoms with Crippen LogP contribution in [0.3, 0.4) is 0 Å². The Morgan fingerprint density at radius 2 is 2.28 bits per heavy atom. The van der Waals surface area contributed by atoms with Crippen LogP contribution in [0.4, 0.5) is 4.39 Å². The molecular formula is C14H19ClFNO. The smallest absolute Gasteiger partial charge is 0.124 e. The largest absolute Gasteiger partial charge is 0.378 e. The maximum absolute atomic E-state index is 13.0. The van der Waals surface area contributed by atoms with Crippen molar-refractivity contribution in [1.82, 2.24) is 5.32 Å². The number of hydrogen-bond donors (Lipinski definition) is 1. The monoisotopic (exact) mass is 271 g/mol. The van der Waals surface area contributed by atoms with E-state index in [0.717, 1.165) is 25.0 Å². The second kappa shape index (κ2) is 6.00. The summed E-state index contributed by atoms with van der Waals surface area (Å²) in [5.74, 6) is -0.296. The van der Waals surface area contributed by atoms with Crippen LogP contribution in [0.1, 0.15) is 38.3 Å². The van der Waals surface area contributed by atoms with E-state index in [9.17, 15) is 4.39 Å². The van der Waals surface area contributed by atoms with E-state index in [1.165, 1.54) is 12.1 Å². The second-order valence-corrected chi connectivity index (χ2v) is 5.36. The van der Waals surface area contributed by atoms with Gasteiger partial charge < -0.3 is 10.1 Å². The molecule has 0 saturated carbocycles. The average molecular weight is 272 g/mol. The Hall–Kier alpha value is -0.640. The van der Waals surface area contributed by atoms with Crippen molar-refractivity contribution in [3.63, 3.8) is 0 Å². The van der Waals surface area contributed by atoms with E-state index in [1.807, 2.05) is 0 Å². The van der Waals surface area contributed by atoms with Crippen LogP contribution < -0.4 is 5.32 Å². The van der Waals surface area contributed by atoms with Gasteiger partial charge in [-0.2, -0.15) is 0 Å². The minimum atomic E-state index is -0.296. The normalized spacial score (nSPS) is 26.0. The van der Waals surface area contributed by atoms with E-state index >= 15 is 0 Å². The Kier molecular flexibility index (Phi) is 4.60. The molecular weight excluding hydrogens is 253 g/mol. The highest BCUT2D eigenvalue weighted by Crippen LogP contribution is 2.25. The second-order valence-electron chi connectivity index (χ2n) is 4.96. The van der Waals surface area contributed by atoms with Crippen molar-refractivity contribution in [1.29, 1.82) is 0 Å². The first-order valence-corrected chi connectivity index (χ1v) is 6.76. The van der Waals surface area contributed by atoms with Gasteiger partial charge >= 0.3 is 0 Å². The molecule has 1 saturated heterocycles. The fraction of sp³-hybridized carbons (Fsp3) is 0.571. The van der Waals surface area contributed by atoms with Crippen molar-refractivity contribution in [2.24, 2.45) is 0 Å². The highest BCUT2D eigenvalue weighted by molar-refractivity contribution is 6.31. The van der Waals surface area contributed by atoms with E-state index < -0.39 is 0 Å². The molecule has 2 rings (SSSR count). The van der Waals surface area contributed by atoms with Gasteiger partial charge in [-0.25, -0.2) is 4.39 Å². The number of hydrogen-bond acceptors (Lipinski definition) is 2. The van der Waals surface area contributed by atoms with E-state index in [2.05, 4.69) is 19.2 Å². The van der Waals surface area contributed by atoms with Gasteiger partial charge in [-0.3, -0.25) is 0 Å². The number of benzene rings is 1. The fourth-order valence-electron chi connectivity index (χ4n) is 2.45. The summed E-state index contributed by atoms with van der Waals surface area (Å²) in [6, 6.07) is 5.12. The van der Waals surface area contributed by atoms with E-state index in [-0.39, 0.29) is 11.9 Å². The summed E-state index contributed by atoms with van der Waals surface area (Å²) in [6.07, 6.45) is 2.31. The fourth-order valence-corrected chi connectivity index (χ4v) is 2.78. The first kappa shape index (κ1) is 13.8. The third-order valence-corrected chi connectivity index (χ3v) is 3.73. The lowest BCUT2D eigenvalue weighted by Gasteiger charge is -2.30. The van der Waals surface area contributed by atoms with Gasteiger partial charge in [-0.1, -0.05) is 17.7 Å². The summed E-state index contributed by atoms with van der Waals surface area (Å²) >= 11 is 6.07. The highest BCUT2D eigenvalue weighted by Gasteiger charge is 2.21. The summed E-state index contributed by atoms with van der Waals surface area (Å²) in [6.45, 7) is 4.94. The molecule has 0 spiro atoms. The molecule has 3 atom stereocenters. The predicted molar refractivity (Wildman–Crippen MR) is 71.4 cm³/mol. The third kappa shape index (κ3) is 3.44. The van der Waals surface area contributed by atoms with Crippen LogP contribution in [-0.2, 0) is 4.74 Å². The zero-order valence-corrected chi connectivity index (χ0v) is 11.5. The van der Waals surface area contributed by atoms with Crippen molar-refractivity contribution < 1.29 is 9.13 Å². The molecule has 1 N–H and O–H groups in total. The summed E-state index contributed by atoms with van der Waals surface area (Å²) in [7, 11) is 0. The average Bonchev–Trinajstić information content (AvgIpc) is 2.28. The van der Waals surface area contributed by atoms with Crippen LogP contribution in [-0.4, -0.2) is 18.8 Å². The Bertz CT molecular complexity index is 413. The Morgan fingerprint density at radius 3 is 2.94 bits per heavy atom. The van der Waals surface area contributed by atoms with Gasteiger partial charge in [0.1, 0.15) is 5.82 Å². The minimum absolute atomic E-state index is 0.119. The summed E-state index contributed by atoms with van der Waals surface area (Å²) < 4.78 is 18.5. The van der Waals surface area contributed by atoms with Gasteiger partial charge in [0, 0.05) is 23.7 Å². The standard InChI is InChI=1S/C14H19ClFNO/c1-9-7-12(5-6-18-9)17-10(2)13-4-3-11(16)8-14(13)15/h3-4,8-10,12,17H,5-7H2,1-2H3. The molecule has 100 valence electrons. The van der Waals surface area contributed by atoms with E-state index in [4.69, 9.17) is 16.3 Å². The van der Waals surface area contributed by atoms with Gasteiger partial charge in [-0.05, 0) is 44.4 Å². The molecule has 0 aliphatic carbocycles. The third-order valence-electron chi connectivity index (χ3n) is 3.40. The molecule has 1 aromatic carbocycles. The molecule has 4 heteroatoms. The van der Waals surface area contributed by atoms with Gasteiger partial charge in [0.2, 0.25) is 0 Å². The van der Waals surface area contributed by atoms with Crippen LogP contribution in [0.5, 0.6) is 0 Å². The summed E-state index contributed by atoms with van der Waals surface area (Å²) in [5.41, 5.74) is 0.942. The van der Waals surface area contributed by atoms with Crippen LogP contribution in [0.2, 0.25) is 5.02 Å². The molecule has 1 heterocycles. The molecule has 1 aliphatic heterocycles. The lowest BCUT2D eigenvalue weighted by Crippen LogP contribution is -2.39. The van der Waals surface area contributed by atoms with Gasteiger partial charge in [0.15, 0.2) is 0 Å². The van der Waals surface area contributed by atoms with Crippen molar-refractivity contribution >= 4 is 11.6 Å². The SMILES string of the molecule is CC1CC(NC(C)c2ccc(F)cc2Cl)CCO1. The topological polar surface area (TPSA) is 21.3 Å². The van der Waals surface area contributed by atoms with Crippen LogP contribution in [0, 0.1) is 5.82 Å². The number of rotatable bonds is 3. The first-order chi connectivity index (χ1) is 8.56. The molecule has 1 aromatic rings. The van der Waals surface area contributed by atoms with Gasteiger partial charge in [0.25, 0.3) is 0 Å². The summed E-state index contributed by atoms with van der Waals surface area (Å²) in [4.78, 5) is 0. The van der Waals surface area contributed by atoms with Crippen molar-refractivity contribution in [3.8, 4) is 0 Å². The van der Waals surface area contributed by atoms with Gasteiger partial charge in [-0.15, -0.1) is 0 Å². The van der Waals surface area contributed by atoms with Gasteiger partial charge in [0.05, 0.1) is 6.10 Å². The Morgan fingerprint density at radius 1 is 1.50 bits per heavy atom. The molecule has 0 aromatic heterocycles. The lowest BCUT2D eigenvalue weighted by atomic mass is 10.0. The zero-order valence-electron chi connectivity index (χ0n) is 10.7.